The Kier molecular flexibility index (Phi) is 5.18. The summed E-state index contributed by atoms with van der Waals surface area (Å²) in [6.07, 6.45) is 1.30. The second-order valence-corrected chi connectivity index (χ2v) is 9.02. The van der Waals surface area contributed by atoms with Crippen molar-refractivity contribution in [1.82, 2.24) is 4.90 Å². The van der Waals surface area contributed by atoms with Crippen LogP contribution in [0.5, 0.6) is 0 Å². The summed E-state index contributed by atoms with van der Waals surface area (Å²) in [5.41, 5.74) is 3.55. The predicted molar refractivity (Wildman–Crippen MR) is 124 cm³/mol. The number of rotatable bonds is 4. The Balaban J connectivity index is 1.34. The number of hydrogen-bond acceptors (Lipinski definition) is 3. The summed E-state index contributed by atoms with van der Waals surface area (Å²) in [5, 5.41) is 0.668. The normalized spacial score (nSPS) is 22.3. The van der Waals surface area contributed by atoms with Gasteiger partial charge in [-0.1, -0.05) is 67.1 Å². The molecule has 0 spiro atoms. The van der Waals surface area contributed by atoms with Gasteiger partial charge in [-0.3, -0.25) is 19.3 Å². The van der Waals surface area contributed by atoms with Crippen molar-refractivity contribution >= 4 is 29.2 Å². The summed E-state index contributed by atoms with van der Waals surface area (Å²) in [7, 11) is 0. The largest absolute Gasteiger partial charge is 0.294 e. The molecule has 0 unspecified atom stereocenters. The molecule has 1 heterocycles. The first-order valence-electron chi connectivity index (χ1n) is 10.8. The second kappa shape index (κ2) is 8.03. The average Bonchev–Trinajstić information content (AvgIpc) is 3.30. The van der Waals surface area contributed by atoms with Gasteiger partial charge in [0.15, 0.2) is 5.78 Å². The van der Waals surface area contributed by atoms with Crippen molar-refractivity contribution in [2.45, 2.75) is 25.8 Å². The SMILES string of the molecule is C[C@@H]1[C@H](C(=O)c2ccc(-c3cccc(Cl)c3)cc2)CC[C@@H]1N1C(=O)c2ccccc2C1=O. The highest BCUT2D eigenvalue weighted by atomic mass is 35.5. The van der Waals surface area contributed by atoms with E-state index in [4.69, 9.17) is 11.6 Å². The highest BCUT2D eigenvalue weighted by Crippen LogP contribution is 2.40. The minimum absolute atomic E-state index is 0.0641. The maximum Gasteiger partial charge on any atom is 0.261 e. The lowest BCUT2D eigenvalue weighted by Crippen LogP contribution is -2.42. The van der Waals surface area contributed by atoms with Gasteiger partial charge in [0.2, 0.25) is 0 Å². The Hall–Kier alpha value is -3.24. The molecule has 3 aromatic rings. The fourth-order valence-electron chi connectivity index (χ4n) is 5.10. The molecule has 0 N–H and O–H groups in total. The van der Waals surface area contributed by atoms with Crippen LogP contribution >= 0.6 is 11.6 Å². The highest BCUT2D eigenvalue weighted by molar-refractivity contribution is 6.30. The van der Waals surface area contributed by atoms with Gasteiger partial charge in [-0.25, -0.2) is 0 Å². The van der Waals surface area contributed by atoms with E-state index in [1.165, 1.54) is 4.90 Å². The molecule has 1 aliphatic carbocycles. The van der Waals surface area contributed by atoms with Crippen molar-refractivity contribution in [2.24, 2.45) is 11.8 Å². The van der Waals surface area contributed by atoms with Crippen LogP contribution in [-0.2, 0) is 0 Å². The Bertz CT molecular complexity index is 1200. The van der Waals surface area contributed by atoms with Crippen molar-refractivity contribution in [3.05, 3.63) is 94.5 Å². The monoisotopic (exact) mass is 443 g/mol. The molecular formula is C27H22ClNO3. The Morgan fingerprint density at radius 2 is 1.50 bits per heavy atom. The lowest BCUT2D eigenvalue weighted by molar-refractivity contribution is 0.0535. The molecule has 0 saturated heterocycles. The van der Waals surface area contributed by atoms with Crippen LogP contribution in [0.4, 0.5) is 0 Å². The first kappa shape index (κ1) is 20.7. The average molecular weight is 444 g/mol. The number of amides is 2. The summed E-state index contributed by atoms with van der Waals surface area (Å²) in [4.78, 5) is 40.5. The van der Waals surface area contributed by atoms with Gasteiger partial charge in [-0.2, -0.15) is 0 Å². The number of imide groups is 1. The highest BCUT2D eigenvalue weighted by Gasteiger charge is 2.47. The molecule has 1 saturated carbocycles. The second-order valence-electron chi connectivity index (χ2n) is 8.59. The van der Waals surface area contributed by atoms with E-state index < -0.39 is 0 Å². The zero-order valence-corrected chi connectivity index (χ0v) is 18.4. The number of ketones is 1. The molecule has 0 aromatic heterocycles. The number of carbonyl (C=O) groups is 3. The third-order valence-electron chi connectivity index (χ3n) is 6.84. The summed E-state index contributed by atoms with van der Waals surface area (Å²) in [6, 6.07) is 21.8. The number of carbonyl (C=O) groups excluding carboxylic acids is 3. The summed E-state index contributed by atoms with van der Waals surface area (Å²) in [5.74, 6) is -0.754. The van der Waals surface area contributed by atoms with Crippen molar-refractivity contribution in [3.8, 4) is 11.1 Å². The molecule has 0 bridgehead atoms. The van der Waals surface area contributed by atoms with Gasteiger partial charge >= 0.3 is 0 Å². The van der Waals surface area contributed by atoms with Crippen LogP contribution < -0.4 is 0 Å². The lowest BCUT2D eigenvalue weighted by Gasteiger charge is -2.27. The summed E-state index contributed by atoms with van der Waals surface area (Å²) >= 11 is 6.09. The number of nitrogens with zero attached hydrogens (tertiary/aromatic N) is 1. The van der Waals surface area contributed by atoms with Crippen molar-refractivity contribution in [3.63, 3.8) is 0 Å². The number of Topliss-reactive ketones (excluding diaryl/α,β-unsaturated/α-hetero) is 1. The third kappa shape index (κ3) is 3.35. The maximum absolute atomic E-state index is 13.3. The van der Waals surface area contributed by atoms with Gasteiger partial charge in [0.25, 0.3) is 11.8 Å². The predicted octanol–water partition coefficient (Wildman–Crippen LogP) is 5.90. The van der Waals surface area contributed by atoms with E-state index in [1.54, 1.807) is 24.3 Å². The zero-order chi connectivity index (χ0) is 22.4. The molecule has 3 aromatic carbocycles. The number of fused-ring (bicyclic) bond motifs is 1. The van der Waals surface area contributed by atoms with Crippen molar-refractivity contribution < 1.29 is 14.4 Å². The van der Waals surface area contributed by atoms with Gasteiger partial charge in [0, 0.05) is 22.5 Å². The van der Waals surface area contributed by atoms with Crippen LogP contribution in [-0.4, -0.2) is 28.5 Å². The van der Waals surface area contributed by atoms with Crippen LogP contribution in [0.2, 0.25) is 5.02 Å². The topological polar surface area (TPSA) is 54.5 Å². The van der Waals surface area contributed by atoms with E-state index in [2.05, 4.69) is 0 Å². The molecule has 2 aliphatic rings. The van der Waals surface area contributed by atoms with Gasteiger partial charge in [0.1, 0.15) is 0 Å². The molecule has 32 heavy (non-hydrogen) atoms. The minimum Gasteiger partial charge on any atom is -0.294 e. The zero-order valence-electron chi connectivity index (χ0n) is 17.6. The molecule has 0 radical (unpaired) electrons. The molecule has 4 nitrogen and oxygen atoms in total. The molecule has 2 amide bonds. The Morgan fingerprint density at radius 1 is 0.844 bits per heavy atom. The number of halogens is 1. The van der Waals surface area contributed by atoms with E-state index in [0.29, 0.717) is 34.6 Å². The summed E-state index contributed by atoms with van der Waals surface area (Å²) < 4.78 is 0. The molecule has 5 rings (SSSR count). The Morgan fingerprint density at radius 3 is 2.12 bits per heavy atom. The van der Waals surface area contributed by atoms with Crippen LogP contribution in [0.25, 0.3) is 11.1 Å². The van der Waals surface area contributed by atoms with Crippen LogP contribution in [0, 0.1) is 11.8 Å². The van der Waals surface area contributed by atoms with E-state index in [1.807, 2.05) is 55.5 Å². The third-order valence-corrected chi connectivity index (χ3v) is 7.07. The maximum atomic E-state index is 13.3. The van der Waals surface area contributed by atoms with Gasteiger partial charge in [-0.05, 0) is 54.2 Å². The number of benzene rings is 3. The van der Waals surface area contributed by atoms with E-state index >= 15 is 0 Å². The fourth-order valence-corrected chi connectivity index (χ4v) is 5.29. The van der Waals surface area contributed by atoms with Crippen molar-refractivity contribution in [2.75, 3.05) is 0 Å². The van der Waals surface area contributed by atoms with E-state index in [0.717, 1.165) is 11.1 Å². The molecule has 1 aliphatic heterocycles. The molecule has 5 heteroatoms. The molecule has 3 atom stereocenters. The minimum atomic E-state index is -0.262. The van der Waals surface area contributed by atoms with Crippen LogP contribution in [0.3, 0.4) is 0 Å². The van der Waals surface area contributed by atoms with E-state index in [-0.39, 0.29) is 35.5 Å². The summed E-state index contributed by atoms with van der Waals surface area (Å²) in [6.45, 7) is 1.98. The number of hydrogen-bond donors (Lipinski definition) is 0. The van der Waals surface area contributed by atoms with Crippen LogP contribution in [0.1, 0.15) is 50.8 Å². The van der Waals surface area contributed by atoms with E-state index in [9.17, 15) is 14.4 Å². The smallest absolute Gasteiger partial charge is 0.261 e. The standard InChI is InChI=1S/C27H22ClNO3/c1-16-21(13-14-24(16)29-26(31)22-7-2-3-8-23(22)27(29)32)25(30)18-11-9-17(10-12-18)19-5-4-6-20(28)15-19/h2-12,15-16,21,24H,13-14H2,1H3/t16-,21-,24+/m1/s1. The fraction of sp³-hybridized carbons (Fsp3) is 0.222. The van der Waals surface area contributed by atoms with Crippen molar-refractivity contribution in [1.29, 1.82) is 0 Å². The molecule has 160 valence electrons. The quantitative estimate of drug-likeness (QED) is 0.372. The van der Waals surface area contributed by atoms with Gasteiger partial charge in [-0.15, -0.1) is 0 Å². The van der Waals surface area contributed by atoms with Gasteiger partial charge in [0.05, 0.1) is 11.1 Å². The van der Waals surface area contributed by atoms with Crippen LogP contribution in [0.15, 0.2) is 72.8 Å². The molecular weight excluding hydrogens is 422 g/mol. The first-order valence-corrected chi connectivity index (χ1v) is 11.2. The van der Waals surface area contributed by atoms with Gasteiger partial charge < -0.3 is 0 Å². The first-order chi connectivity index (χ1) is 15.5. The molecule has 1 fully saturated rings. The Labute approximate surface area is 191 Å². The lowest BCUT2D eigenvalue weighted by atomic mass is 9.87.